The van der Waals surface area contributed by atoms with Crippen molar-refractivity contribution in [2.45, 2.75) is 44.2 Å². The number of hydrogen-bond acceptors (Lipinski definition) is 5. The number of imide groups is 1. The second-order valence-electron chi connectivity index (χ2n) is 7.67. The molecule has 1 atom stereocenters. The van der Waals surface area contributed by atoms with E-state index >= 15 is 0 Å². The van der Waals surface area contributed by atoms with Crippen molar-refractivity contribution in [1.82, 2.24) is 20.9 Å². The normalized spacial score (nSPS) is 22.8. The van der Waals surface area contributed by atoms with Crippen LogP contribution in [0.15, 0.2) is 41.6 Å². The molecule has 2 aliphatic heterocycles. The maximum atomic E-state index is 13.0. The molecule has 158 valence electrons. The Labute approximate surface area is 173 Å². The fourth-order valence-corrected chi connectivity index (χ4v) is 4.38. The molecule has 3 aliphatic rings. The number of carbonyl (C=O) groups excluding carboxylic acids is 4. The summed E-state index contributed by atoms with van der Waals surface area (Å²) in [6.45, 7) is 1.63. The van der Waals surface area contributed by atoms with Gasteiger partial charge in [-0.15, -0.1) is 0 Å². The third-order valence-electron chi connectivity index (χ3n) is 5.80. The van der Waals surface area contributed by atoms with Crippen molar-refractivity contribution < 1.29 is 23.9 Å². The van der Waals surface area contributed by atoms with Crippen molar-refractivity contribution in [2.24, 2.45) is 0 Å². The summed E-state index contributed by atoms with van der Waals surface area (Å²) in [5, 5.41) is 8.15. The zero-order chi connectivity index (χ0) is 21.3. The summed E-state index contributed by atoms with van der Waals surface area (Å²) in [5.41, 5.74) is 0.190. The molecule has 0 aromatic heterocycles. The predicted molar refractivity (Wildman–Crippen MR) is 106 cm³/mol. The standard InChI is InChI=1S/C21H24N4O5/c1-2-30-17(26)15-14(22-19(28)23-16(15)13-8-4-3-5-9-13)12-25-18(27)21(24-20(25)29)10-6-7-11-21/h3-5,8-9,16H,2,6-7,10-12H2,1H3,(H,24,29)(H2,22,23,28)/t16-/m0/s1. The minimum atomic E-state index is -0.864. The molecule has 0 unspecified atom stereocenters. The summed E-state index contributed by atoms with van der Waals surface area (Å²) < 4.78 is 5.22. The lowest BCUT2D eigenvalue weighted by molar-refractivity contribution is -0.139. The van der Waals surface area contributed by atoms with Gasteiger partial charge in [0, 0.05) is 0 Å². The molecule has 5 amide bonds. The van der Waals surface area contributed by atoms with E-state index in [4.69, 9.17) is 4.74 Å². The molecular weight excluding hydrogens is 388 g/mol. The molecule has 1 aromatic carbocycles. The van der Waals surface area contributed by atoms with Gasteiger partial charge in [-0.2, -0.15) is 0 Å². The summed E-state index contributed by atoms with van der Waals surface area (Å²) in [4.78, 5) is 51.9. The van der Waals surface area contributed by atoms with Gasteiger partial charge in [-0.3, -0.25) is 9.69 Å². The Hall–Kier alpha value is -3.36. The van der Waals surface area contributed by atoms with Crippen LogP contribution in [0.5, 0.6) is 0 Å². The van der Waals surface area contributed by atoms with Crippen LogP contribution in [0.1, 0.15) is 44.2 Å². The molecule has 1 saturated heterocycles. The third kappa shape index (κ3) is 3.40. The van der Waals surface area contributed by atoms with Crippen molar-refractivity contribution in [3.05, 3.63) is 47.2 Å². The maximum Gasteiger partial charge on any atom is 0.338 e. The highest BCUT2D eigenvalue weighted by molar-refractivity contribution is 6.07. The fraction of sp³-hybridized carbons (Fsp3) is 0.429. The fourth-order valence-electron chi connectivity index (χ4n) is 4.38. The van der Waals surface area contributed by atoms with Crippen molar-refractivity contribution in [3.63, 3.8) is 0 Å². The molecule has 1 aromatic rings. The van der Waals surface area contributed by atoms with Gasteiger partial charge in [-0.1, -0.05) is 43.2 Å². The molecule has 2 fully saturated rings. The van der Waals surface area contributed by atoms with Crippen molar-refractivity contribution >= 4 is 23.9 Å². The van der Waals surface area contributed by atoms with Crippen LogP contribution in [-0.4, -0.2) is 47.5 Å². The highest BCUT2D eigenvalue weighted by atomic mass is 16.5. The molecule has 30 heavy (non-hydrogen) atoms. The maximum absolute atomic E-state index is 13.0. The molecule has 3 N–H and O–H groups in total. The van der Waals surface area contributed by atoms with E-state index in [0.717, 1.165) is 17.7 Å². The first-order chi connectivity index (χ1) is 14.4. The van der Waals surface area contributed by atoms with Crippen LogP contribution in [-0.2, 0) is 14.3 Å². The van der Waals surface area contributed by atoms with Gasteiger partial charge in [0.25, 0.3) is 5.91 Å². The van der Waals surface area contributed by atoms with E-state index < -0.39 is 29.6 Å². The molecule has 2 heterocycles. The smallest absolute Gasteiger partial charge is 0.338 e. The van der Waals surface area contributed by atoms with E-state index in [1.165, 1.54) is 0 Å². The lowest BCUT2D eigenvalue weighted by Crippen LogP contribution is -2.49. The zero-order valence-electron chi connectivity index (χ0n) is 16.7. The van der Waals surface area contributed by atoms with Gasteiger partial charge in [0.2, 0.25) is 0 Å². The van der Waals surface area contributed by atoms with Crippen molar-refractivity contribution in [2.75, 3.05) is 13.2 Å². The van der Waals surface area contributed by atoms with E-state index in [1.807, 2.05) is 6.07 Å². The van der Waals surface area contributed by atoms with Crippen LogP contribution in [0.25, 0.3) is 0 Å². The molecule has 1 saturated carbocycles. The van der Waals surface area contributed by atoms with E-state index in [2.05, 4.69) is 16.0 Å². The minimum absolute atomic E-state index is 0.150. The number of carbonyl (C=O) groups is 4. The van der Waals surface area contributed by atoms with Crippen LogP contribution >= 0.6 is 0 Å². The summed E-state index contributed by atoms with van der Waals surface area (Å²) in [6.07, 6.45) is 2.93. The Morgan fingerprint density at radius 3 is 2.53 bits per heavy atom. The first-order valence-corrected chi connectivity index (χ1v) is 10.1. The Morgan fingerprint density at radius 1 is 1.17 bits per heavy atom. The van der Waals surface area contributed by atoms with Crippen molar-refractivity contribution in [1.29, 1.82) is 0 Å². The highest BCUT2D eigenvalue weighted by Gasteiger charge is 2.53. The lowest BCUT2D eigenvalue weighted by Gasteiger charge is -2.30. The van der Waals surface area contributed by atoms with Crippen molar-refractivity contribution in [3.8, 4) is 0 Å². The van der Waals surface area contributed by atoms with Crippen LogP contribution in [0.3, 0.4) is 0 Å². The number of hydrogen-bond donors (Lipinski definition) is 3. The molecular formula is C21H24N4O5. The van der Waals surface area contributed by atoms with Gasteiger partial charge in [0.1, 0.15) is 5.54 Å². The van der Waals surface area contributed by atoms with Gasteiger partial charge < -0.3 is 20.7 Å². The molecule has 0 radical (unpaired) electrons. The molecule has 0 bridgehead atoms. The summed E-state index contributed by atoms with van der Waals surface area (Å²) in [5.74, 6) is -0.929. The van der Waals surface area contributed by atoms with E-state index in [1.54, 1.807) is 31.2 Å². The van der Waals surface area contributed by atoms with Gasteiger partial charge in [-0.05, 0) is 25.3 Å². The lowest BCUT2D eigenvalue weighted by atomic mass is 9.94. The van der Waals surface area contributed by atoms with Gasteiger partial charge in [0.15, 0.2) is 0 Å². The Balaban J connectivity index is 1.72. The molecule has 9 nitrogen and oxygen atoms in total. The average molecular weight is 412 g/mol. The zero-order valence-corrected chi connectivity index (χ0v) is 16.7. The van der Waals surface area contributed by atoms with Crippen LogP contribution in [0.2, 0.25) is 0 Å². The molecule has 1 aliphatic carbocycles. The second-order valence-corrected chi connectivity index (χ2v) is 7.67. The Morgan fingerprint density at radius 2 is 1.87 bits per heavy atom. The number of urea groups is 2. The topological polar surface area (TPSA) is 117 Å². The number of rotatable bonds is 5. The van der Waals surface area contributed by atoms with Crippen LogP contribution < -0.4 is 16.0 Å². The SMILES string of the molecule is CCOC(=O)C1=C(CN2C(=O)NC3(CCCC3)C2=O)NC(=O)N[C@H]1c1ccccc1. The number of nitrogens with one attached hydrogen (secondary N) is 3. The number of nitrogens with zero attached hydrogens (tertiary/aromatic N) is 1. The first-order valence-electron chi connectivity index (χ1n) is 10.1. The largest absolute Gasteiger partial charge is 0.463 e. The molecule has 9 heteroatoms. The summed E-state index contributed by atoms with van der Waals surface area (Å²) >= 11 is 0. The number of ether oxygens (including phenoxy) is 1. The van der Waals surface area contributed by atoms with Gasteiger partial charge in [0.05, 0.1) is 30.5 Å². The number of amides is 5. The van der Waals surface area contributed by atoms with Crippen LogP contribution in [0, 0.1) is 0 Å². The number of benzene rings is 1. The Kier molecular flexibility index (Phi) is 5.19. The summed E-state index contributed by atoms with van der Waals surface area (Å²) in [7, 11) is 0. The van der Waals surface area contributed by atoms with Gasteiger partial charge in [-0.25, -0.2) is 14.4 Å². The highest BCUT2D eigenvalue weighted by Crippen LogP contribution is 2.36. The number of esters is 1. The second kappa shape index (κ2) is 7.81. The first kappa shape index (κ1) is 19.9. The quantitative estimate of drug-likeness (QED) is 0.503. The minimum Gasteiger partial charge on any atom is -0.463 e. The predicted octanol–water partition coefficient (Wildman–Crippen LogP) is 1.72. The van der Waals surface area contributed by atoms with E-state index in [9.17, 15) is 19.2 Å². The third-order valence-corrected chi connectivity index (χ3v) is 5.80. The molecule has 4 rings (SSSR count). The average Bonchev–Trinajstić information content (AvgIpc) is 3.29. The van der Waals surface area contributed by atoms with Crippen LogP contribution in [0.4, 0.5) is 9.59 Å². The molecule has 1 spiro atoms. The summed E-state index contributed by atoms with van der Waals surface area (Å²) in [6, 6.07) is 7.21. The van der Waals surface area contributed by atoms with E-state index in [0.29, 0.717) is 18.4 Å². The monoisotopic (exact) mass is 412 g/mol. The Bertz CT molecular complexity index is 921. The van der Waals surface area contributed by atoms with E-state index in [-0.39, 0.29) is 30.3 Å². The van der Waals surface area contributed by atoms with Gasteiger partial charge >= 0.3 is 18.0 Å².